The van der Waals surface area contributed by atoms with Gasteiger partial charge in [0.2, 0.25) is 0 Å². The fraction of sp³-hybridized carbons (Fsp3) is 0.444. The molecule has 0 bridgehead atoms. The molecule has 2 nitrogen and oxygen atoms in total. The lowest BCUT2D eigenvalue weighted by atomic mass is 9.98. The molecule has 1 aromatic heterocycles. The van der Waals surface area contributed by atoms with Gasteiger partial charge in [0.1, 0.15) is 0 Å². The molecule has 0 radical (unpaired) electrons. The summed E-state index contributed by atoms with van der Waals surface area (Å²) in [7, 11) is 0. The second kappa shape index (κ2) is 3.28. The van der Waals surface area contributed by atoms with Gasteiger partial charge in [0.05, 0.1) is 11.6 Å². The quantitative estimate of drug-likeness (QED) is 0.724. The van der Waals surface area contributed by atoms with Crippen LogP contribution in [0.3, 0.4) is 0 Å². The van der Waals surface area contributed by atoms with E-state index in [4.69, 9.17) is 0 Å². The number of hydrogen-bond donors (Lipinski definition) is 1. The Hall–Kier alpha value is -1.19. The van der Waals surface area contributed by atoms with Crippen LogP contribution in [0.4, 0.5) is 8.78 Å². The summed E-state index contributed by atoms with van der Waals surface area (Å²) in [6, 6.07) is 3.10. The number of hydrogen-bond acceptors (Lipinski definition) is 1. The van der Waals surface area contributed by atoms with Crippen LogP contribution in [-0.2, 0) is 0 Å². The lowest BCUT2D eigenvalue weighted by Crippen LogP contribution is -2.29. The van der Waals surface area contributed by atoms with Gasteiger partial charge in [-0.05, 0) is 19.1 Å². The molecule has 1 unspecified atom stereocenters. The van der Waals surface area contributed by atoms with Crippen LogP contribution >= 0.6 is 0 Å². The van der Waals surface area contributed by atoms with Crippen LogP contribution in [0.5, 0.6) is 0 Å². The number of aromatic amines is 1. The summed E-state index contributed by atoms with van der Waals surface area (Å²) < 4.78 is 25.4. The molecule has 1 aromatic rings. The molecule has 4 heteroatoms. The minimum Gasteiger partial charge on any atom is -0.359 e. The average Bonchev–Trinajstić information content (AvgIpc) is 2.51. The summed E-state index contributed by atoms with van der Waals surface area (Å²) in [6.07, 6.45) is 1.54. The van der Waals surface area contributed by atoms with Crippen LogP contribution in [0.2, 0.25) is 0 Å². The first-order valence-electron chi connectivity index (χ1n) is 3.98. The number of Topliss-reactive ketones (excluding diaryl/α,β-unsaturated/α-hetero) is 1. The molecule has 0 aliphatic heterocycles. The molecular formula is C9H11F2NO. The molecule has 1 rings (SSSR count). The van der Waals surface area contributed by atoms with Crippen LogP contribution in [0, 0.1) is 5.92 Å². The SMILES string of the molecule is CC(C(=O)c1ccc[nH]1)C(C)(F)F. The third-order valence-electron chi connectivity index (χ3n) is 2.02. The Labute approximate surface area is 75.0 Å². The predicted molar refractivity (Wildman–Crippen MR) is 44.9 cm³/mol. The fourth-order valence-electron chi connectivity index (χ4n) is 0.947. The largest absolute Gasteiger partial charge is 0.359 e. The summed E-state index contributed by atoms with van der Waals surface area (Å²) in [5, 5.41) is 0. The molecule has 72 valence electrons. The number of alkyl halides is 2. The lowest BCUT2D eigenvalue weighted by molar-refractivity contribution is -0.0224. The van der Waals surface area contributed by atoms with E-state index in [-0.39, 0.29) is 5.69 Å². The third-order valence-corrected chi connectivity index (χ3v) is 2.02. The molecule has 0 aromatic carbocycles. The smallest absolute Gasteiger partial charge is 0.255 e. The topological polar surface area (TPSA) is 32.9 Å². The van der Waals surface area contributed by atoms with E-state index in [1.165, 1.54) is 19.2 Å². The van der Waals surface area contributed by atoms with E-state index in [1.807, 2.05) is 0 Å². The lowest BCUT2D eigenvalue weighted by Gasteiger charge is -2.16. The highest BCUT2D eigenvalue weighted by atomic mass is 19.3. The Bertz CT molecular complexity index is 287. The summed E-state index contributed by atoms with van der Waals surface area (Å²) >= 11 is 0. The van der Waals surface area contributed by atoms with E-state index in [0.29, 0.717) is 0 Å². The van der Waals surface area contributed by atoms with E-state index < -0.39 is 17.6 Å². The number of halogens is 2. The Morgan fingerprint density at radius 1 is 1.62 bits per heavy atom. The van der Waals surface area contributed by atoms with E-state index >= 15 is 0 Å². The Morgan fingerprint density at radius 2 is 2.23 bits per heavy atom. The van der Waals surface area contributed by atoms with E-state index in [9.17, 15) is 13.6 Å². The summed E-state index contributed by atoms with van der Waals surface area (Å²) in [6.45, 7) is 1.97. The first kappa shape index (κ1) is 9.89. The highest BCUT2D eigenvalue weighted by molar-refractivity contribution is 5.96. The summed E-state index contributed by atoms with van der Waals surface area (Å²) in [5.41, 5.74) is 0.231. The summed E-state index contributed by atoms with van der Waals surface area (Å²) in [4.78, 5) is 13.9. The normalized spacial score (nSPS) is 14.2. The second-order valence-electron chi connectivity index (χ2n) is 3.13. The van der Waals surface area contributed by atoms with Crippen molar-refractivity contribution in [2.24, 2.45) is 5.92 Å². The Balaban J connectivity index is 2.81. The van der Waals surface area contributed by atoms with Crippen molar-refractivity contribution in [1.82, 2.24) is 4.98 Å². The third kappa shape index (κ3) is 2.14. The molecule has 0 aliphatic rings. The molecular weight excluding hydrogens is 176 g/mol. The maximum absolute atomic E-state index is 12.7. The molecule has 0 fully saturated rings. The van der Waals surface area contributed by atoms with Gasteiger partial charge in [0, 0.05) is 13.1 Å². The number of ketones is 1. The fourth-order valence-corrected chi connectivity index (χ4v) is 0.947. The summed E-state index contributed by atoms with van der Waals surface area (Å²) in [5.74, 6) is -4.81. The standard InChI is InChI=1S/C9H11F2NO/c1-6(9(2,10)11)8(13)7-4-3-5-12-7/h3-6,12H,1-2H3. The zero-order chi connectivity index (χ0) is 10.1. The number of nitrogens with one attached hydrogen (secondary N) is 1. The predicted octanol–water partition coefficient (Wildman–Crippen LogP) is 2.49. The highest BCUT2D eigenvalue weighted by Crippen LogP contribution is 2.25. The van der Waals surface area contributed by atoms with Gasteiger partial charge in [-0.2, -0.15) is 0 Å². The van der Waals surface area contributed by atoms with Crippen molar-refractivity contribution in [2.75, 3.05) is 0 Å². The van der Waals surface area contributed by atoms with Gasteiger partial charge < -0.3 is 4.98 Å². The van der Waals surface area contributed by atoms with Gasteiger partial charge in [-0.25, -0.2) is 8.78 Å². The van der Waals surface area contributed by atoms with Crippen LogP contribution in [0.1, 0.15) is 24.3 Å². The zero-order valence-corrected chi connectivity index (χ0v) is 7.47. The van der Waals surface area contributed by atoms with E-state index in [1.54, 1.807) is 6.07 Å². The van der Waals surface area contributed by atoms with E-state index in [0.717, 1.165) is 6.92 Å². The maximum atomic E-state index is 12.7. The molecule has 0 aliphatic carbocycles. The Morgan fingerprint density at radius 3 is 2.62 bits per heavy atom. The van der Waals surface area contributed by atoms with Crippen LogP contribution in [-0.4, -0.2) is 16.7 Å². The molecule has 1 heterocycles. The van der Waals surface area contributed by atoms with Crippen molar-refractivity contribution >= 4 is 5.78 Å². The van der Waals surface area contributed by atoms with Gasteiger partial charge in [0.15, 0.2) is 5.78 Å². The highest BCUT2D eigenvalue weighted by Gasteiger charge is 2.36. The molecule has 0 saturated heterocycles. The molecule has 1 N–H and O–H groups in total. The number of carbonyl (C=O) groups is 1. The minimum atomic E-state index is -2.97. The van der Waals surface area contributed by atoms with Crippen molar-refractivity contribution in [3.63, 3.8) is 0 Å². The molecule has 0 saturated carbocycles. The molecule has 0 amide bonds. The first-order chi connectivity index (χ1) is 5.93. The Kier molecular flexibility index (Phi) is 2.50. The van der Waals surface area contributed by atoms with Gasteiger partial charge in [-0.1, -0.05) is 0 Å². The molecule has 0 spiro atoms. The van der Waals surface area contributed by atoms with Gasteiger partial charge in [0.25, 0.3) is 5.92 Å². The van der Waals surface area contributed by atoms with Gasteiger partial charge in [-0.3, -0.25) is 4.79 Å². The number of rotatable bonds is 3. The van der Waals surface area contributed by atoms with Crippen molar-refractivity contribution in [2.45, 2.75) is 19.8 Å². The number of H-pyrrole nitrogens is 1. The first-order valence-corrected chi connectivity index (χ1v) is 3.98. The van der Waals surface area contributed by atoms with Gasteiger partial charge >= 0.3 is 0 Å². The van der Waals surface area contributed by atoms with Crippen molar-refractivity contribution in [3.05, 3.63) is 24.0 Å². The number of carbonyl (C=O) groups excluding carboxylic acids is 1. The zero-order valence-electron chi connectivity index (χ0n) is 7.47. The average molecular weight is 187 g/mol. The van der Waals surface area contributed by atoms with E-state index in [2.05, 4.69) is 4.98 Å². The van der Waals surface area contributed by atoms with Crippen molar-refractivity contribution in [1.29, 1.82) is 0 Å². The minimum absolute atomic E-state index is 0.231. The molecule has 13 heavy (non-hydrogen) atoms. The maximum Gasteiger partial charge on any atom is 0.255 e. The monoisotopic (exact) mass is 187 g/mol. The second-order valence-corrected chi connectivity index (χ2v) is 3.13. The van der Waals surface area contributed by atoms with Crippen LogP contribution in [0.15, 0.2) is 18.3 Å². The number of aromatic nitrogens is 1. The molecule has 1 atom stereocenters. The van der Waals surface area contributed by atoms with Crippen LogP contribution < -0.4 is 0 Å². The van der Waals surface area contributed by atoms with Crippen LogP contribution in [0.25, 0.3) is 0 Å². The van der Waals surface area contributed by atoms with Gasteiger partial charge in [-0.15, -0.1) is 0 Å². The van der Waals surface area contributed by atoms with Crippen molar-refractivity contribution in [3.8, 4) is 0 Å². The van der Waals surface area contributed by atoms with Crippen molar-refractivity contribution < 1.29 is 13.6 Å².